The van der Waals surface area contributed by atoms with E-state index in [1.807, 2.05) is 48.5 Å². The van der Waals surface area contributed by atoms with Crippen LogP contribution >= 0.6 is 0 Å². The number of hydrogen-bond acceptors (Lipinski definition) is 3. The second kappa shape index (κ2) is 5.72. The number of aromatic nitrogens is 1. The van der Waals surface area contributed by atoms with Gasteiger partial charge in [0.25, 0.3) is 0 Å². The highest BCUT2D eigenvalue weighted by molar-refractivity contribution is 6.11. The molecule has 1 amide bonds. The van der Waals surface area contributed by atoms with Gasteiger partial charge in [-0.15, -0.1) is 0 Å². The van der Waals surface area contributed by atoms with Crippen molar-refractivity contribution in [2.75, 3.05) is 0 Å². The summed E-state index contributed by atoms with van der Waals surface area (Å²) in [6.45, 7) is 1.42. The molecule has 0 aliphatic heterocycles. The highest BCUT2D eigenvalue weighted by Crippen LogP contribution is 2.07. The Labute approximate surface area is 105 Å². The molecule has 0 saturated carbocycles. The van der Waals surface area contributed by atoms with Gasteiger partial charge in [0.1, 0.15) is 5.71 Å². The molecule has 0 atom stereocenters. The Balaban J connectivity index is 2.42. The number of pyridine rings is 1. The van der Waals surface area contributed by atoms with Crippen molar-refractivity contribution in [1.82, 2.24) is 10.4 Å². The predicted octanol–water partition coefficient (Wildman–Crippen LogP) is 1.97. The van der Waals surface area contributed by atoms with E-state index >= 15 is 0 Å². The van der Waals surface area contributed by atoms with Gasteiger partial charge in [0.15, 0.2) is 0 Å². The van der Waals surface area contributed by atoms with Gasteiger partial charge in [-0.2, -0.15) is 5.10 Å². The SMILES string of the molecule is CC(=O)N/N=C(\c1ccccc1)c1ccccn1. The zero-order chi connectivity index (χ0) is 12.8. The molecule has 90 valence electrons. The highest BCUT2D eigenvalue weighted by Gasteiger charge is 2.07. The van der Waals surface area contributed by atoms with Gasteiger partial charge in [-0.3, -0.25) is 9.78 Å². The van der Waals surface area contributed by atoms with E-state index in [2.05, 4.69) is 15.5 Å². The fraction of sp³-hybridized carbons (Fsp3) is 0.0714. The summed E-state index contributed by atoms with van der Waals surface area (Å²) in [7, 11) is 0. The van der Waals surface area contributed by atoms with E-state index in [1.54, 1.807) is 6.20 Å². The lowest BCUT2D eigenvalue weighted by Crippen LogP contribution is -2.17. The summed E-state index contributed by atoms with van der Waals surface area (Å²) in [6, 6.07) is 15.2. The van der Waals surface area contributed by atoms with E-state index in [1.165, 1.54) is 6.92 Å². The third-order valence-corrected chi connectivity index (χ3v) is 2.28. The van der Waals surface area contributed by atoms with Crippen LogP contribution in [0.2, 0.25) is 0 Å². The van der Waals surface area contributed by atoms with Crippen LogP contribution in [0.3, 0.4) is 0 Å². The van der Waals surface area contributed by atoms with Crippen molar-refractivity contribution in [2.24, 2.45) is 5.10 Å². The minimum Gasteiger partial charge on any atom is -0.274 e. The van der Waals surface area contributed by atoms with Crippen LogP contribution in [0.25, 0.3) is 0 Å². The smallest absolute Gasteiger partial charge is 0.236 e. The van der Waals surface area contributed by atoms with Crippen LogP contribution in [-0.2, 0) is 4.79 Å². The molecular weight excluding hydrogens is 226 g/mol. The number of benzene rings is 1. The molecule has 2 aromatic rings. The highest BCUT2D eigenvalue weighted by atomic mass is 16.2. The van der Waals surface area contributed by atoms with Crippen molar-refractivity contribution in [3.05, 3.63) is 66.0 Å². The topological polar surface area (TPSA) is 54.4 Å². The molecule has 0 bridgehead atoms. The van der Waals surface area contributed by atoms with Crippen LogP contribution in [0, 0.1) is 0 Å². The van der Waals surface area contributed by atoms with E-state index in [4.69, 9.17) is 0 Å². The van der Waals surface area contributed by atoms with Crippen LogP contribution in [0.4, 0.5) is 0 Å². The van der Waals surface area contributed by atoms with Crippen LogP contribution < -0.4 is 5.43 Å². The molecule has 1 N–H and O–H groups in total. The molecule has 1 heterocycles. The maximum absolute atomic E-state index is 11.0. The zero-order valence-corrected chi connectivity index (χ0v) is 10.00. The largest absolute Gasteiger partial charge is 0.274 e. The van der Waals surface area contributed by atoms with Crippen molar-refractivity contribution in [1.29, 1.82) is 0 Å². The average molecular weight is 239 g/mol. The van der Waals surface area contributed by atoms with Crippen LogP contribution in [0.1, 0.15) is 18.2 Å². The molecule has 0 aliphatic rings. The lowest BCUT2D eigenvalue weighted by atomic mass is 10.1. The lowest BCUT2D eigenvalue weighted by molar-refractivity contribution is -0.118. The summed E-state index contributed by atoms with van der Waals surface area (Å²) >= 11 is 0. The standard InChI is InChI=1S/C14H13N3O/c1-11(18)16-17-14(12-7-3-2-4-8-12)13-9-5-6-10-15-13/h2-10H,1H3,(H,16,18)/b17-14+. The molecule has 2 rings (SSSR count). The average Bonchev–Trinajstić information content (AvgIpc) is 2.41. The van der Waals surface area contributed by atoms with Gasteiger partial charge in [0, 0.05) is 18.7 Å². The Morgan fingerprint density at radius 3 is 2.44 bits per heavy atom. The third kappa shape index (κ3) is 3.01. The fourth-order valence-corrected chi connectivity index (χ4v) is 1.50. The van der Waals surface area contributed by atoms with Crippen molar-refractivity contribution in [3.8, 4) is 0 Å². The number of hydrogen-bond donors (Lipinski definition) is 1. The monoisotopic (exact) mass is 239 g/mol. The van der Waals surface area contributed by atoms with Crippen molar-refractivity contribution >= 4 is 11.6 Å². The van der Waals surface area contributed by atoms with E-state index in [0.717, 1.165) is 11.3 Å². The van der Waals surface area contributed by atoms with Crippen LogP contribution in [-0.4, -0.2) is 16.6 Å². The molecule has 18 heavy (non-hydrogen) atoms. The normalized spacial score (nSPS) is 11.1. The van der Waals surface area contributed by atoms with Crippen molar-refractivity contribution in [2.45, 2.75) is 6.92 Å². The van der Waals surface area contributed by atoms with E-state index in [9.17, 15) is 4.79 Å². The maximum atomic E-state index is 11.0. The fourth-order valence-electron chi connectivity index (χ4n) is 1.50. The summed E-state index contributed by atoms with van der Waals surface area (Å²) in [5.41, 5.74) is 4.72. The number of hydrazone groups is 1. The number of carbonyl (C=O) groups is 1. The second-order valence-electron chi connectivity index (χ2n) is 3.71. The zero-order valence-electron chi connectivity index (χ0n) is 10.00. The van der Waals surface area contributed by atoms with Crippen LogP contribution in [0.15, 0.2) is 59.8 Å². The first-order chi connectivity index (χ1) is 8.77. The molecule has 1 aromatic heterocycles. The molecule has 4 heteroatoms. The summed E-state index contributed by atoms with van der Waals surface area (Å²) in [5, 5.41) is 4.12. The Kier molecular flexibility index (Phi) is 3.81. The number of amides is 1. The summed E-state index contributed by atoms with van der Waals surface area (Å²) in [5.74, 6) is -0.209. The summed E-state index contributed by atoms with van der Waals surface area (Å²) in [6.07, 6.45) is 1.70. The van der Waals surface area contributed by atoms with Gasteiger partial charge in [0.05, 0.1) is 5.69 Å². The van der Waals surface area contributed by atoms with Crippen LogP contribution in [0.5, 0.6) is 0 Å². The first kappa shape index (κ1) is 12.0. The molecule has 0 saturated heterocycles. The van der Waals surface area contributed by atoms with Gasteiger partial charge in [-0.05, 0) is 12.1 Å². The molecule has 0 aliphatic carbocycles. The van der Waals surface area contributed by atoms with Gasteiger partial charge in [-0.25, -0.2) is 5.43 Å². The van der Waals surface area contributed by atoms with E-state index in [0.29, 0.717) is 5.71 Å². The quantitative estimate of drug-likeness (QED) is 0.657. The number of nitrogens with one attached hydrogen (secondary N) is 1. The number of nitrogens with zero attached hydrogens (tertiary/aromatic N) is 2. The first-order valence-corrected chi connectivity index (χ1v) is 5.58. The van der Waals surface area contributed by atoms with Crippen molar-refractivity contribution < 1.29 is 4.79 Å². The van der Waals surface area contributed by atoms with Crippen molar-refractivity contribution in [3.63, 3.8) is 0 Å². The van der Waals surface area contributed by atoms with E-state index in [-0.39, 0.29) is 5.91 Å². The Morgan fingerprint density at radius 1 is 1.11 bits per heavy atom. The molecular formula is C14H13N3O. The van der Waals surface area contributed by atoms with E-state index < -0.39 is 0 Å². The minimum absolute atomic E-state index is 0.209. The predicted molar refractivity (Wildman–Crippen MR) is 70.1 cm³/mol. The Bertz CT molecular complexity index is 508. The van der Waals surface area contributed by atoms with Gasteiger partial charge >= 0.3 is 0 Å². The molecule has 0 fully saturated rings. The Hall–Kier alpha value is -2.49. The first-order valence-electron chi connectivity index (χ1n) is 5.58. The molecule has 0 spiro atoms. The minimum atomic E-state index is -0.209. The third-order valence-electron chi connectivity index (χ3n) is 2.28. The lowest BCUT2D eigenvalue weighted by Gasteiger charge is -2.05. The van der Waals surface area contributed by atoms with Gasteiger partial charge in [0.2, 0.25) is 5.91 Å². The maximum Gasteiger partial charge on any atom is 0.236 e. The number of rotatable bonds is 3. The summed E-state index contributed by atoms with van der Waals surface area (Å²) < 4.78 is 0. The molecule has 1 aromatic carbocycles. The van der Waals surface area contributed by atoms with Gasteiger partial charge < -0.3 is 0 Å². The molecule has 0 unspecified atom stereocenters. The molecule has 0 radical (unpaired) electrons. The second-order valence-corrected chi connectivity index (χ2v) is 3.71. The molecule has 4 nitrogen and oxygen atoms in total. The summed E-state index contributed by atoms with van der Waals surface area (Å²) in [4.78, 5) is 15.2. The number of carbonyl (C=O) groups excluding carboxylic acids is 1. The van der Waals surface area contributed by atoms with Gasteiger partial charge in [-0.1, -0.05) is 36.4 Å². The Morgan fingerprint density at radius 2 is 1.83 bits per heavy atom.